The van der Waals surface area contributed by atoms with Gasteiger partial charge in [0.1, 0.15) is 11.8 Å². The van der Waals surface area contributed by atoms with Gasteiger partial charge < -0.3 is 15.0 Å². The molecule has 1 saturated carbocycles. The number of nitrogens with zero attached hydrogens (tertiary/aromatic N) is 1. The molecule has 0 saturated heterocycles. The lowest BCUT2D eigenvalue weighted by atomic mass is 10.0. The molecular formula is C32H37ClN2O3. The second-order valence-electron chi connectivity index (χ2n) is 10.3. The van der Waals surface area contributed by atoms with Crippen molar-refractivity contribution in [1.29, 1.82) is 0 Å². The molecule has 2 amide bonds. The first-order valence-corrected chi connectivity index (χ1v) is 13.9. The summed E-state index contributed by atoms with van der Waals surface area (Å²) in [4.78, 5) is 29.2. The number of halogens is 1. The summed E-state index contributed by atoms with van der Waals surface area (Å²) >= 11 is 6.12. The second kappa shape index (κ2) is 13.5. The highest BCUT2D eigenvalue weighted by Crippen LogP contribution is 2.26. The summed E-state index contributed by atoms with van der Waals surface area (Å²) < 4.78 is 6.07. The van der Waals surface area contributed by atoms with Gasteiger partial charge in [0.05, 0.1) is 0 Å². The summed E-state index contributed by atoms with van der Waals surface area (Å²) in [7, 11) is 0. The normalized spacial score (nSPS) is 14.3. The van der Waals surface area contributed by atoms with E-state index in [4.69, 9.17) is 16.3 Å². The molecular weight excluding hydrogens is 496 g/mol. The second-order valence-corrected chi connectivity index (χ2v) is 10.8. The third-order valence-corrected chi connectivity index (χ3v) is 7.38. The van der Waals surface area contributed by atoms with Crippen molar-refractivity contribution >= 4 is 23.4 Å². The van der Waals surface area contributed by atoms with Crippen LogP contribution in [0.5, 0.6) is 5.75 Å². The summed E-state index contributed by atoms with van der Waals surface area (Å²) in [6, 6.07) is 24.5. The van der Waals surface area contributed by atoms with Crippen LogP contribution < -0.4 is 10.1 Å². The number of carbonyl (C=O) groups is 2. The zero-order valence-corrected chi connectivity index (χ0v) is 23.0. The molecule has 1 atom stereocenters. The van der Waals surface area contributed by atoms with Crippen molar-refractivity contribution in [3.63, 3.8) is 0 Å². The molecule has 1 aliphatic rings. The van der Waals surface area contributed by atoms with Gasteiger partial charge in [-0.2, -0.15) is 0 Å². The van der Waals surface area contributed by atoms with E-state index in [1.807, 2.05) is 66.7 Å². The first-order chi connectivity index (χ1) is 18.4. The number of rotatable bonds is 11. The Kier molecular flexibility index (Phi) is 9.83. The molecule has 5 nitrogen and oxygen atoms in total. The number of benzene rings is 3. The first-order valence-electron chi connectivity index (χ1n) is 13.5. The molecule has 3 aromatic carbocycles. The number of ether oxygens (including phenoxy) is 1. The maximum Gasteiger partial charge on any atom is 0.261 e. The molecule has 0 unspecified atom stereocenters. The molecule has 3 aromatic rings. The fraction of sp³-hybridized carbons (Fsp3) is 0.375. The Labute approximate surface area is 231 Å². The zero-order valence-electron chi connectivity index (χ0n) is 22.2. The summed E-state index contributed by atoms with van der Waals surface area (Å²) in [5.41, 5.74) is 2.94. The van der Waals surface area contributed by atoms with Crippen molar-refractivity contribution in [1.82, 2.24) is 10.2 Å². The minimum atomic E-state index is -0.676. The van der Waals surface area contributed by atoms with Gasteiger partial charge in [0.15, 0.2) is 6.61 Å². The lowest BCUT2D eigenvalue weighted by Crippen LogP contribution is -2.53. The Bertz CT molecular complexity index is 1190. The van der Waals surface area contributed by atoms with Gasteiger partial charge in [-0.25, -0.2) is 0 Å². The maximum atomic E-state index is 13.8. The van der Waals surface area contributed by atoms with E-state index >= 15 is 0 Å². The largest absolute Gasteiger partial charge is 0.483 e. The van der Waals surface area contributed by atoms with Crippen molar-refractivity contribution in [2.75, 3.05) is 6.61 Å². The Morgan fingerprint density at radius 2 is 1.58 bits per heavy atom. The van der Waals surface area contributed by atoms with E-state index in [0.717, 1.165) is 42.4 Å². The Hall–Kier alpha value is -3.31. The molecule has 38 heavy (non-hydrogen) atoms. The van der Waals surface area contributed by atoms with Crippen LogP contribution in [0.3, 0.4) is 0 Å². The molecule has 0 radical (unpaired) electrons. The van der Waals surface area contributed by atoms with Gasteiger partial charge in [-0.1, -0.05) is 99.0 Å². The van der Waals surface area contributed by atoms with Crippen LogP contribution in [0.2, 0.25) is 5.02 Å². The van der Waals surface area contributed by atoms with Crippen LogP contribution in [0.25, 0.3) is 0 Å². The molecule has 0 spiro atoms. The minimum absolute atomic E-state index is 0.120. The molecule has 0 aliphatic heterocycles. The smallest absolute Gasteiger partial charge is 0.261 e. The molecule has 4 rings (SSSR count). The van der Waals surface area contributed by atoms with Crippen molar-refractivity contribution in [2.24, 2.45) is 0 Å². The summed E-state index contributed by atoms with van der Waals surface area (Å²) in [5.74, 6) is 0.596. The molecule has 0 bridgehead atoms. The quantitative estimate of drug-likeness (QED) is 0.305. The highest BCUT2D eigenvalue weighted by Gasteiger charge is 2.32. The maximum absolute atomic E-state index is 13.8. The van der Waals surface area contributed by atoms with Crippen LogP contribution in [0, 0.1) is 0 Å². The molecule has 200 valence electrons. The van der Waals surface area contributed by atoms with Gasteiger partial charge in [0, 0.05) is 24.0 Å². The third kappa shape index (κ3) is 7.61. The van der Waals surface area contributed by atoms with Gasteiger partial charge in [-0.05, 0) is 53.6 Å². The highest BCUT2D eigenvalue weighted by molar-refractivity contribution is 6.30. The Morgan fingerprint density at radius 1 is 0.921 bits per heavy atom. The number of hydrogen-bond acceptors (Lipinski definition) is 3. The molecule has 0 aromatic heterocycles. The van der Waals surface area contributed by atoms with Crippen molar-refractivity contribution in [2.45, 2.75) is 70.5 Å². The van der Waals surface area contributed by atoms with Gasteiger partial charge in [-0.3, -0.25) is 9.59 Å². The van der Waals surface area contributed by atoms with E-state index in [9.17, 15) is 9.59 Å². The van der Waals surface area contributed by atoms with Crippen LogP contribution in [0.15, 0.2) is 78.9 Å². The van der Waals surface area contributed by atoms with E-state index in [-0.39, 0.29) is 36.9 Å². The minimum Gasteiger partial charge on any atom is -0.483 e. The lowest BCUT2D eigenvalue weighted by molar-refractivity contribution is -0.143. The number of amides is 2. The lowest BCUT2D eigenvalue weighted by Gasteiger charge is -2.32. The SMILES string of the molecule is CC(C)c1ccccc1OCC(=O)N(Cc1ccc(Cl)cc1)[C@H](Cc1ccccc1)C(=O)NC1CCCC1. The monoisotopic (exact) mass is 532 g/mol. The molecule has 1 fully saturated rings. The van der Waals surface area contributed by atoms with Gasteiger partial charge in [-0.15, -0.1) is 0 Å². The van der Waals surface area contributed by atoms with Crippen LogP contribution >= 0.6 is 11.6 Å². The predicted molar refractivity (Wildman–Crippen MR) is 152 cm³/mol. The van der Waals surface area contributed by atoms with E-state index in [0.29, 0.717) is 17.2 Å². The average Bonchev–Trinajstić information content (AvgIpc) is 3.44. The van der Waals surface area contributed by atoms with E-state index in [1.165, 1.54) is 0 Å². The van der Waals surface area contributed by atoms with Crippen molar-refractivity contribution in [3.05, 3.63) is 101 Å². The van der Waals surface area contributed by atoms with Gasteiger partial charge >= 0.3 is 0 Å². The highest BCUT2D eigenvalue weighted by atomic mass is 35.5. The molecule has 6 heteroatoms. The number of para-hydroxylation sites is 1. The van der Waals surface area contributed by atoms with E-state index in [2.05, 4.69) is 19.2 Å². The van der Waals surface area contributed by atoms with Crippen molar-refractivity contribution < 1.29 is 14.3 Å². The standard InChI is InChI=1S/C32H37ClN2O3/c1-23(2)28-14-8-9-15-30(28)38-22-31(36)35(21-25-16-18-26(33)19-17-25)29(20-24-10-4-3-5-11-24)32(37)34-27-12-6-7-13-27/h3-5,8-11,14-19,23,27,29H,6-7,12-13,20-22H2,1-2H3,(H,34,37)/t29-/m1/s1. The Balaban J connectivity index is 1.62. The predicted octanol–water partition coefficient (Wildman–Crippen LogP) is 6.54. The van der Waals surface area contributed by atoms with Crippen molar-refractivity contribution in [3.8, 4) is 5.75 Å². The van der Waals surface area contributed by atoms with Gasteiger partial charge in [0.2, 0.25) is 5.91 Å². The van der Waals surface area contributed by atoms with Crippen LogP contribution in [-0.4, -0.2) is 35.4 Å². The van der Waals surface area contributed by atoms with Crippen LogP contribution in [0.1, 0.15) is 62.1 Å². The fourth-order valence-corrected chi connectivity index (χ4v) is 5.15. The third-order valence-electron chi connectivity index (χ3n) is 7.13. The number of nitrogens with one attached hydrogen (secondary N) is 1. The van der Waals surface area contributed by atoms with Crippen LogP contribution in [-0.2, 0) is 22.6 Å². The van der Waals surface area contributed by atoms with E-state index in [1.54, 1.807) is 17.0 Å². The summed E-state index contributed by atoms with van der Waals surface area (Å²) in [6.07, 6.45) is 4.60. The van der Waals surface area contributed by atoms with E-state index < -0.39 is 6.04 Å². The Morgan fingerprint density at radius 3 is 2.26 bits per heavy atom. The van der Waals surface area contributed by atoms with Crippen LogP contribution in [0.4, 0.5) is 0 Å². The number of hydrogen-bond donors (Lipinski definition) is 1. The van der Waals surface area contributed by atoms with Gasteiger partial charge in [0.25, 0.3) is 5.91 Å². The molecule has 0 heterocycles. The first kappa shape index (κ1) is 27.7. The fourth-order valence-electron chi connectivity index (χ4n) is 5.02. The summed E-state index contributed by atoms with van der Waals surface area (Å²) in [5, 5.41) is 3.86. The zero-order chi connectivity index (χ0) is 26.9. The summed E-state index contributed by atoms with van der Waals surface area (Å²) in [6.45, 7) is 4.32. The average molecular weight is 533 g/mol. The topological polar surface area (TPSA) is 58.6 Å². The molecule has 1 aliphatic carbocycles. The molecule has 1 N–H and O–H groups in total. The number of carbonyl (C=O) groups excluding carboxylic acids is 2.